The Hall–Kier alpha value is -3.27. The van der Waals surface area contributed by atoms with Crippen molar-refractivity contribution in [1.29, 1.82) is 0 Å². The summed E-state index contributed by atoms with van der Waals surface area (Å²) in [7, 11) is 0. The van der Waals surface area contributed by atoms with Crippen molar-refractivity contribution in [3.8, 4) is 11.5 Å². The number of benzene rings is 3. The highest BCUT2D eigenvalue weighted by Gasteiger charge is 2.06. The van der Waals surface area contributed by atoms with Crippen molar-refractivity contribution in [3.63, 3.8) is 0 Å². The molecule has 0 unspecified atom stereocenters. The lowest BCUT2D eigenvalue weighted by atomic mass is 10.1. The molecule has 0 aliphatic carbocycles. The van der Waals surface area contributed by atoms with Crippen molar-refractivity contribution in [2.75, 3.05) is 19.8 Å². The van der Waals surface area contributed by atoms with Gasteiger partial charge in [-0.2, -0.15) is 0 Å². The van der Waals surface area contributed by atoms with Gasteiger partial charge >= 0.3 is 5.97 Å². The summed E-state index contributed by atoms with van der Waals surface area (Å²) in [5, 5.41) is 2.07. The highest BCUT2D eigenvalue weighted by molar-refractivity contribution is 5.89. The summed E-state index contributed by atoms with van der Waals surface area (Å²) in [6.45, 7) is 6.26. The van der Waals surface area contributed by atoms with Crippen molar-refractivity contribution in [2.24, 2.45) is 0 Å². The molecule has 4 heteroatoms. The second kappa shape index (κ2) is 9.60. The highest BCUT2D eigenvalue weighted by atomic mass is 16.6. The first-order chi connectivity index (χ1) is 13.6. The van der Waals surface area contributed by atoms with E-state index in [1.807, 2.05) is 54.6 Å². The van der Waals surface area contributed by atoms with Crippen LogP contribution in [0, 0.1) is 0 Å². The summed E-state index contributed by atoms with van der Waals surface area (Å²) in [6.07, 6.45) is 0.862. The van der Waals surface area contributed by atoms with Gasteiger partial charge in [-0.1, -0.05) is 49.0 Å². The van der Waals surface area contributed by atoms with Gasteiger partial charge in [0.25, 0.3) is 0 Å². The van der Waals surface area contributed by atoms with Gasteiger partial charge in [-0.05, 0) is 42.1 Å². The molecule has 0 amide bonds. The molecule has 0 N–H and O–H groups in total. The van der Waals surface area contributed by atoms with Gasteiger partial charge in [-0.3, -0.25) is 0 Å². The third kappa shape index (κ3) is 5.36. The van der Waals surface area contributed by atoms with E-state index in [0.717, 1.165) is 28.7 Å². The maximum Gasteiger partial charge on any atom is 0.333 e. The van der Waals surface area contributed by atoms with Gasteiger partial charge in [0.2, 0.25) is 0 Å². The lowest BCUT2D eigenvalue weighted by Crippen LogP contribution is -2.12. The molecule has 0 saturated carbocycles. The number of esters is 1. The molecule has 0 radical (unpaired) electrons. The van der Waals surface area contributed by atoms with E-state index in [1.54, 1.807) is 6.92 Å². The Morgan fingerprint density at radius 2 is 1.71 bits per heavy atom. The molecule has 3 aromatic carbocycles. The minimum Gasteiger partial charge on any atom is -0.493 e. The first-order valence-corrected chi connectivity index (χ1v) is 9.28. The molecule has 0 fully saturated rings. The minimum atomic E-state index is -0.403. The van der Waals surface area contributed by atoms with Gasteiger partial charge in [0.15, 0.2) is 0 Å². The third-order valence-electron chi connectivity index (χ3n) is 4.24. The van der Waals surface area contributed by atoms with E-state index in [2.05, 4.69) is 18.7 Å². The molecule has 0 atom stereocenters. The zero-order valence-electron chi connectivity index (χ0n) is 16.0. The number of hydrogen-bond donors (Lipinski definition) is 0. The highest BCUT2D eigenvalue weighted by Crippen LogP contribution is 2.29. The Morgan fingerprint density at radius 3 is 2.50 bits per heavy atom. The van der Waals surface area contributed by atoms with Crippen LogP contribution in [0.1, 0.15) is 12.5 Å². The molecular weight excluding hydrogens is 352 g/mol. The lowest BCUT2D eigenvalue weighted by molar-refractivity contribution is -0.139. The molecule has 0 aromatic heterocycles. The second-order valence-electron chi connectivity index (χ2n) is 6.49. The fraction of sp³-hybridized carbons (Fsp3) is 0.208. The summed E-state index contributed by atoms with van der Waals surface area (Å²) in [6, 6.07) is 22.1. The zero-order valence-corrected chi connectivity index (χ0v) is 16.0. The number of rotatable bonds is 9. The van der Waals surface area contributed by atoms with Crippen LogP contribution in [0.3, 0.4) is 0 Å². The van der Waals surface area contributed by atoms with Crippen LogP contribution in [-0.2, 0) is 16.0 Å². The number of carbonyl (C=O) groups excluding carboxylic acids is 1. The SMILES string of the molecule is C=C(C)C(=O)OCCOc1ccc2c(OCCc3ccccc3)cccc2c1. The molecule has 28 heavy (non-hydrogen) atoms. The normalized spacial score (nSPS) is 10.5. The van der Waals surface area contributed by atoms with Crippen LogP contribution in [0.5, 0.6) is 11.5 Å². The van der Waals surface area contributed by atoms with Crippen LogP contribution in [0.2, 0.25) is 0 Å². The van der Waals surface area contributed by atoms with Crippen LogP contribution >= 0.6 is 0 Å². The Bertz CT molecular complexity index is 947. The molecular formula is C24H24O4. The fourth-order valence-corrected chi connectivity index (χ4v) is 2.79. The summed E-state index contributed by atoms with van der Waals surface area (Å²) < 4.78 is 16.7. The Balaban J connectivity index is 1.57. The molecule has 0 aliphatic heterocycles. The molecule has 0 saturated heterocycles. The first kappa shape index (κ1) is 19.5. The summed E-state index contributed by atoms with van der Waals surface area (Å²) in [5.41, 5.74) is 1.64. The van der Waals surface area contributed by atoms with Crippen molar-refractivity contribution in [2.45, 2.75) is 13.3 Å². The molecule has 0 bridgehead atoms. The predicted molar refractivity (Wildman–Crippen MR) is 111 cm³/mol. The lowest BCUT2D eigenvalue weighted by Gasteiger charge is -2.11. The van der Waals surface area contributed by atoms with Gasteiger partial charge in [-0.15, -0.1) is 0 Å². The van der Waals surface area contributed by atoms with E-state index in [0.29, 0.717) is 12.2 Å². The maximum atomic E-state index is 11.4. The monoisotopic (exact) mass is 376 g/mol. The van der Waals surface area contributed by atoms with Crippen LogP contribution < -0.4 is 9.47 Å². The van der Waals surface area contributed by atoms with Crippen molar-refractivity contribution in [1.82, 2.24) is 0 Å². The minimum absolute atomic E-state index is 0.187. The van der Waals surface area contributed by atoms with Gasteiger partial charge in [0.05, 0.1) is 6.61 Å². The summed E-state index contributed by atoms with van der Waals surface area (Å²) in [5.74, 6) is 1.18. The van der Waals surface area contributed by atoms with Gasteiger partial charge in [-0.25, -0.2) is 4.79 Å². The molecule has 3 rings (SSSR count). The second-order valence-corrected chi connectivity index (χ2v) is 6.49. The third-order valence-corrected chi connectivity index (χ3v) is 4.24. The standard InChI is InChI=1S/C24H24O4/c1-18(2)24(25)28-16-15-26-21-11-12-22-20(17-21)9-6-10-23(22)27-14-13-19-7-4-3-5-8-19/h3-12,17H,1,13-16H2,2H3. The van der Waals surface area contributed by atoms with Gasteiger partial charge in [0, 0.05) is 17.4 Å². The number of fused-ring (bicyclic) bond motifs is 1. The van der Waals surface area contributed by atoms with E-state index in [9.17, 15) is 4.79 Å². The van der Waals surface area contributed by atoms with E-state index >= 15 is 0 Å². The summed E-state index contributed by atoms with van der Waals surface area (Å²) >= 11 is 0. The predicted octanol–water partition coefficient (Wildman–Crippen LogP) is 4.96. The quantitative estimate of drug-likeness (QED) is 0.301. The number of carbonyl (C=O) groups is 1. The molecule has 3 aromatic rings. The van der Waals surface area contributed by atoms with Gasteiger partial charge in [0.1, 0.15) is 24.7 Å². The molecule has 0 heterocycles. The Morgan fingerprint density at radius 1 is 0.893 bits per heavy atom. The molecule has 0 aliphatic rings. The molecule has 4 nitrogen and oxygen atoms in total. The van der Waals surface area contributed by atoms with E-state index in [1.165, 1.54) is 5.56 Å². The van der Waals surface area contributed by atoms with Crippen LogP contribution in [0.15, 0.2) is 78.9 Å². The average molecular weight is 376 g/mol. The topological polar surface area (TPSA) is 44.8 Å². The summed E-state index contributed by atoms with van der Waals surface area (Å²) in [4.78, 5) is 11.4. The fourth-order valence-electron chi connectivity index (χ4n) is 2.79. The smallest absolute Gasteiger partial charge is 0.333 e. The van der Waals surface area contributed by atoms with Gasteiger partial charge < -0.3 is 14.2 Å². The largest absolute Gasteiger partial charge is 0.493 e. The van der Waals surface area contributed by atoms with E-state index < -0.39 is 5.97 Å². The average Bonchev–Trinajstić information content (AvgIpc) is 2.71. The van der Waals surface area contributed by atoms with Crippen LogP contribution in [-0.4, -0.2) is 25.8 Å². The van der Waals surface area contributed by atoms with Crippen LogP contribution in [0.4, 0.5) is 0 Å². The van der Waals surface area contributed by atoms with E-state index in [4.69, 9.17) is 14.2 Å². The van der Waals surface area contributed by atoms with Crippen LogP contribution in [0.25, 0.3) is 10.8 Å². The Labute approximate surface area is 165 Å². The van der Waals surface area contributed by atoms with E-state index in [-0.39, 0.29) is 13.2 Å². The Kier molecular flexibility index (Phi) is 6.68. The number of hydrogen-bond acceptors (Lipinski definition) is 4. The molecule has 0 spiro atoms. The maximum absolute atomic E-state index is 11.4. The zero-order chi connectivity index (χ0) is 19.8. The van der Waals surface area contributed by atoms with Crippen molar-refractivity contribution >= 4 is 16.7 Å². The van der Waals surface area contributed by atoms with Crippen molar-refractivity contribution in [3.05, 3.63) is 84.4 Å². The van der Waals surface area contributed by atoms with Crippen molar-refractivity contribution < 1.29 is 19.0 Å². The molecule has 144 valence electrons. The first-order valence-electron chi connectivity index (χ1n) is 9.28. The number of ether oxygens (including phenoxy) is 3.